The highest BCUT2D eigenvalue weighted by molar-refractivity contribution is 5.78. The van der Waals surface area contributed by atoms with Gasteiger partial charge in [-0.1, -0.05) is 36.4 Å². The molecule has 0 bridgehead atoms. The third kappa shape index (κ3) is 5.39. The van der Waals surface area contributed by atoms with Gasteiger partial charge >= 0.3 is 23.8 Å². The van der Waals surface area contributed by atoms with E-state index in [1.165, 1.54) is 13.1 Å². The predicted molar refractivity (Wildman–Crippen MR) is 132 cm³/mol. The van der Waals surface area contributed by atoms with Gasteiger partial charge < -0.3 is 9.47 Å². The summed E-state index contributed by atoms with van der Waals surface area (Å²) in [5.74, 6) is -1.60. The first kappa shape index (κ1) is 25.4. The van der Waals surface area contributed by atoms with Crippen LogP contribution in [0, 0.1) is 12.8 Å². The number of ether oxygens (including phenoxy) is 2. The number of hydrogen-bond acceptors (Lipinski definition) is 6. The average molecular weight is 525 g/mol. The van der Waals surface area contributed by atoms with Gasteiger partial charge in [0.2, 0.25) is 0 Å². The fourth-order valence-corrected chi connectivity index (χ4v) is 4.29. The zero-order valence-corrected chi connectivity index (χ0v) is 20.7. The Labute approximate surface area is 216 Å². The number of para-hydroxylation sites is 1. The van der Waals surface area contributed by atoms with Crippen molar-refractivity contribution in [1.29, 1.82) is 0 Å². The minimum absolute atomic E-state index is 0.0193. The summed E-state index contributed by atoms with van der Waals surface area (Å²) in [6.45, 7) is 3.89. The number of nitrogens with zero attached hydrogens (tertiary/aromatic N) is 3. The van der Waals surface area contributed by atoms with Crippen molar-refractivity contribution in [3.05, 3.63) is 78.4 Å². The zero-order valence-electron chi connectivity index (χ0n) is 20.7. The van der Waals surface area contributed by atoms with Gasteiger partial charge in [-0.2, -0.15) is 13.2 Å². The molecule has 1 saturated carbocycles. The molecule has 0 unspecified atom stereocenters. The molecule has 7 nitrogen and oxygen atoms in total. The van der Waals surface area contributed by atoms with Crippen molar-refractivity contribution in [3.63, 3.8) is 0 Å². The quantitative estimate of drug-likeness (QED) is 0.303. The molecule has 2 atom stereocenters. The predicted octanol–water partition coefficient (Wildman–Crippen LogP) is 4.99. The van der Waals surface area contributed by atoms with Gasteiger partial charge in [0.15, 0.2) is 6.20 Å². The topological polar surface area (TPSA) is 74.4 Å². The highest BCUT2D eigenvalue weighted by Gasteiger charge is 2.45. The molecule has 0 radical (unpaired) electrons. The molecule has 196 valence electrons. The molecule has 0 N–H and O–H groups in total. The molecule has 1 aliphatic carbocycles. The minimum atomic E-state index is -5.19. The van der Waals surface area contributed by atoms with E-state index in [9.17, 15) is 18.0 Å². The third-order valence-corrected chi connectivity index (χ3v) is 6.31. The Morgan fingerprint density at radius 2 is 1.89 bits per heavy atom. The number of pyridine rings is 1. The zero-order chi connectivity index (χ0) is 26.9. The van der Waals surface area contributed by atoms with E-state index in [4.69, 9.17) is 19.3 Å². The second-order valence-electron chi connectivity index (χ2n) is 9.00. The van der Waals surface area contributed by atoms with Gasteiger partial charge in [-0.15, -0.1) is 0 Å². The van der Waals surface area contributed by atoms with Gasteiger partial charge in [-0.3, -0.25) is 4.98 Å². The molecular formula is C28H25F3N3O4+. The van der Waals surface area contributed by atoms with E-state index in [0.717, 1.165) is 23.0 Å². The Hall–Kier alpha value is -4.21. The monoisotopic (exact) mass is 524 g/mol. The number of alkyl halides is 3. The number of fused-ring (bicyclic) bond motifs is 1. The van der Waals surface area contributed by atoms with Crippen LogP contribution >= 0.6 is 0 Å². The van der Waals surface area contributed by atoms with E-state index >= 15 is 0 Å². The van der Waals surface area contributed by atoms with E-state index in [2.05, 4.69) is 4.98 Å². The molecule has 2 aromatic heterocycles. The number of hydrogen-bond donors (Lipinski definition) is 0. The van der Waals surface area contributed by atoms with Gasteiger partial charge in [0.25, 0.3) is 0 Å². The van der Waals surface area contributed by atoms with Crippen LogP contribution in [0.2, 0.25) is 0 Å². The molecule has 4 aromatic rings. The SMILES string of the molecule is CCOc1cccc(-c2cnc(C)[n+](OC(=O)C(F)(F)F)c2OC[C@H]2C[C@@H]2c2ccc3ccccc3n2)c1. The molecule has 0 aliphatic heterocycles. The van der Waals surface area contributed by atoms with Crippen LogP contribution in [0.15, 0.2) is 66.9 Å². The molecule has 1 aliphatic rings. The van der Waals surface area contributed by atoms with E-state index in [-0.39, 0.29) is 30.1 Å². The van der Waals surface area contributed by atoms with Crippen LogP contribution in [-0.4, -0.2) is 35.3 Å². The van der Waals surface area contributed by atoms with Crippen LogP contribution in [0.3, 0.4) is 0 Å². The molecule has 2 heterocycles. The number of carbonyl (C=O) groups excluding carboxylic acids is 1. The van der Waals surface area contributed by atoms with Crippen molar-refractivity contribution in [2.45, 2.75) is 32.4 Å². The smallest absolute Gasteiger partial charge is 0.494 e. The largest absolute Gasteiger partial charge is 0.495 e. The summed E-state index contributed by atoms with van der Waals surface area (Å²) in [4.78, 5) is 25.4. The Morgan fingerprint density at radius 1 is 1.08 bits per heavy atom. The summed E-state index contributed by atoms with van der Waals surface area (Å²) < 4.78 is 51.5. The second-order valence-corrected chi connectivity index (χ2v) is 9.00. The van der Waals surface area contributed by atoms with E-state index in [0.29, 0.717) is 28.2 Å². The Kier molecular flexibility index (Phi) is 6.88. The van der Waals surface area contributed by atoms with Gasteiger partial charge in [0.05, 0.1) is 18.7 Å². The summed E-state index contributed by atoms with van der Waals surface area (Å²) in [6, 6.07) is 18.8. The summed E-state index contributed by atoms with van der Waals surface area (Å²) >= 11 is 0. The molecule has 0 saturated heterocycles. The number of aromatic nitrogens is 3. The lowest BCUT2D eigenvalue weighted by molar-refractivity contribution is -0.878. The molecule has 0 spiro atoms. The molecule has 1 fully saturated rings. The van der Waals surface area contributed by atoms with Crippen LogP contribution in [-0.2, 0) is 4.79 Å². The van der Waals surface area contributed by atoms with E-state index < -0.39 is 12.1 Å². The Balaban J connectivity index is 1.44. The van der Waals surface area contributed by atoms with Crippen LogP contribution in [0.25, 0.3) is 22.0 Å². The van der Waals surface area contributed by atoms with Gasteiger partial charge in [0, 0.05) is 34.6 Å². The molecule has 38 heavy (non-hydrogen) atoms. The van der Waals surface area contributed by atoms with Crippen LogP contribution in [0.4, 0.5) is 13.2 Å². The lowest BCUT2D eigenvalue weighted by atomic mass is 10.1. The fourth-order valence-electron chi connectivity index (χ4n) is 4.29. The molecule has 0 amide bonds. The maximum Gasteiger partial charge on any atom is 0.495 e. The van der Waals surface area contributed by atoms with Crippen LogP contribution < -0.4 is 19.0 Å². The summed E-state index contributed by atoms with van der Waals surface area (Å²) in [7, 11) is 0. The summed E-state index contributed by atoms with van der Waals surface area (Å²) in [5.41, 5.74) is 2.77. The van der Waals surface area contributed by atoms with Crippen molar-refractivity contribution in [2.75, 3.05) is 13.2 Å². The number of aryl methyl sites for hydroxylation is 1. The lowest BCUT2D eigenvalue weighted by Crippen LogP contribution is -2.53. The standard InChI is InChI=1S/C28H25F3N3O4/c1-3-36-21-9-6-8-19(13-21)23-15-32-17(2)34(38-27(35)28(29,30)31)26(23)37-16-20-14-22(20)25-12-11-18-7-4-5-10-24(18)33-25/h4-13,15,20,22H,3,14,16H2,1-2H3/q+1/t20-,22+/m1/s1. The number of rotatable bonds is 8. The first-order valence-electron chi connectivity index (χ1n) is 12.2. The summed E-state index contributed by atoms with van der Waals surface area (Å²) in [6.07, 6.45) is -2.90. The van der Waals surface area contributed by atoms with Gasteiger partial charge in [0.1, 0.15) is 11.3 Å². The highest BCUT2D eigenvalue weighted by Crippen LogP contribution is 2.47. The van der Waals surface area contributed by atoms with Crippen molar-refractivity contribution >= 4 is 16.9 Å². The van der Waals surface area contributed by atoms with Crippen molar-refractivity contribution < 1.29 is 37.0 Å². The lowest BCUT2D eigenvalue weighted by Gasteiger charge is -2.13. The normalized spacial score (nSPS) is 16.8. The third-order valence-electron chi connectivity index (χ3n) is 6.31. The Bertz CT molecular complexity index is 1490. The molecular weight excluding hydrogens is 499 g/mol. The molecule has 5 rings (SSSR count). The minimum Gasteiger partial charge on any atom is -0.494 e. The first-order chi connectivity index (χ1) is 18.2. The van der Waals surface area contributed by atoms with E-state index in [1.807, 2.05) is 43.3 Å². The van der Waals surface area contributed by atoms with Crippen LogP contribution in [0.1, 0.15) is 30.8 Å². The highest BCUT2D eigenvalue weighted by atomic mass is 19.4. The molecule has 2 aromatic carbocycles. The number of halogens is 3. The second kappa shape index (κ2) is 10.3. The maximum atomic E-state index is 13.1. The molecule has 10 heteroatoms. The van der Waals surface area contributed by atoms with Gasteiger partial charge in [-0.25, -0.2) is 9.63 Å². The first-order valence-corrected chi connectivity index (χ1v) is 12.2. The fraction of sp³-hybridized carbons (Fsp3) is 0.286. The number of carbonyl (C=O) groups is 1. The van der Waals surface area contributed by atoms with Crippen molar-refractivity contribution in [3.8, 4) is 22.8 Å². The average Bonchev–Trinajstić information content (AvgIpc) is 3.68. The van der Waals surface area contributed by atoms with Crippen LogP contribution in [0.5, 0.6) is 11.6 Å². The van der Waals surface area contributed by atoms with E-state index in [1.54, 1.807) is 24.3 Å². The maximum absolute atomic E-state index is 13.1. The Morgan fingerprint density at radius 3 is 2.68 bits per heavy atom. The van der Waals surface area contributed by atoms with Crippen molar-refractivity contribution in [2.24, 2.45) is 5.92 Å². The van der Waals surface area contributed by atoms with Crippen molar-refractivity contribution in [1.82, 2.24) is 9.97 Å². The van der Waals surface area contributed by atoms with Gasteiger partial charge in [-0.05, 0) is 48.2 Å². The number of benzene rings is 2. The summed E-state index contributed by atoms with van der Waals surface area (Å²) in [5, 5.41) is 1.04.